The number of nitrogens with one attached hydrogen (secondary N) is 1. The van der Waals surface area contributed by atoms with Crippen molar-refractivity contribution in [1.29, 1.82) is 0 Å². The van der Waals surface area contributed by atoms with Crippen molar-refractivity contribution in [2.45, 2.75) is 32.7 Å². The minimum Gasteiger partial charge on any atom is -0.494 e. The van der Waals surface area contributed by atoms with Crippen LogP contribution in [0.3, 0.4) is 0 Å². The lowest BCUT2D eigenvalue weighted by Crippen LogP contribution is -2.46. The van der Waals surface area contributed by atoms with Crippen LogP contribution in [0.2, 0.25) is 0 Å². The Morgan fingerprint density at radius 3 is 2.62 bits per heavy atom. The molecular weight excluding hydrogens is 300 g/mol. The molecule has 1 aliphatic heterocycles. The monoisotopic (exact) mass is 324 g/mol. The molecule has 0 radical (unpaired) electrons. The van der Waals surface area contributed by atoms with Crippen LogP contribution >= 0.6 is 0 Å². The Morgan fingerprint density at radius 2 is 1.88 bits per heavy atom. The Kier molecular flexibility index (Phi) is 5.04. The van der Waals surface area contributed by atoms with Gasteiger partial charge < -0.3 is 15.0 Å². The first-order chi connectivity index (χ1) is 11.7. The molecule has 0 saturated heterocycles. The first-order valence-corrected chi connectivity index (χ1v) is 8.57. The largest absolute Gasteiger partial charge is 0.494 e. The van der Waals surface area contributed by atoms with Gasteiger partial charge in [0.1, 0.15) is 11.8 Å². The third-order valence-corrected chi connectivity index (χ3v) is 4.33. The quantitative estimate of drug-likeness (QED) is 0.820. The summed E-state index contributed by atoms with van der Waals surface area (Å²) in [6.07, 6.45) is 1.82. The maximum absolute atomic E-state index is 12.4. The smallest absolute Gasteiger partial charge is 0.249 e. The van der Waals surface area contributed by atoms with E-state index >= 15 is 0 Å². The zero-order valence-electron chi connectivity index (χ0n) is 14.3. The summed E-state index contributed by atoms with van der Waals surface area (Å²) in [4.78, 5) is 14.3. The van der Waals surface area contributed by atoms with Gasteiger partial charge in [-0.1, -0.05) is 31.2 Å². The van der Waals surface area contributed by atoms with E-state index in [1.807, 2.05) is 48.2 Å². The van der Waals surface area contributed by atoms with Gasteiger partial charge in [-0.3, -0.25) is 4.79 Å². The second kappa shape index (κ2) is 7.39. The Bertz CT molecular complexity index is 697. The Morgan fingerprint density at radius 1 is 1.12 bits per heavy atom. The average molecular weight is 324 g/mol. The topological polar surface area (TPSA) is 41.6 Å². The predicted molar refractivity (Wildman–Crippen MR) is 97.8 cm³/mol. The van der Waals surface area contributed by atoms with Crippen LogP contribution in [0.4, 0.5) is 11.4 Å². The van der Waals surface area contributed by atoms with Crippen molar-refractivity contribution < 1.29 is 9.53 Å². The summed E-state index contributed by atoms with van der Waals surface area (Å²) >= 11 is 0. The molecule has 4 heteroatoms. The highest BCUT2D eigenvalue weighted by atomic mass is 16.5. The standard InChI is InChI=1S/C20H24N2O2/c1-3-16-9-11-17(12-10-16)24-14-6-13-22-19-8-5-4-7-18(19)21-15(2)20(22)23/h4-5,7-12,15,21H,3,6,13-14H2,1-2H3. The molecule has 1 amide bonds. The number of ether oxygens (including phenoxy) is 1. The molecule has 1 atom stereocenters. The number of para-hydroxylation sites is 2. The van der Waals surface area contributed by atoms with E-state index in [0.29, 0.717) is 13.2 Å². The number of amides is 1. The molecular formula is C20H24N2O2. The van der Waals surface area contributed by atoms with Crippen molar-refractivity contribution in [3.05, 3.63) is 54.1 Å². The van der Waals surface area contributed by atoms with Gasteiger partial charge in [0, 0.05) is 6.54 Å². The van der Waals surface area contributed by atoms with E-state index in [-0.39, 0.29) is 11.9 Å². The molecule has 0 saturated carbocycles. The van der Waals surface area contributed by atoms with E-state index in [4.69, 9.17) is 4.74 Å². The average Bonchev–Trinajstić information content (AvgIpc) is 2.62. The molecule has 2 aromatic rings. The fourth-order valence-electron chi connectivity index (χ4n) is 2.94. The van der Waals surface area contributed by atoms with Gasteiger partial charge in [0.05, 0.1) is 18.0 Å². The van der Waals surface area contributed by atoms with E-state index in [1.165, 1.54) is 5.56 Å². The molecule has 0 aliphatic carbocycles. The van der Waals surface area contributed by atoms with Gasteiger partial charge in [-0.2, -0.15) is 0 Å². The summed E-state index contributed by atoms with van der Waals surface area (Å²) in [5.74, 6) is 0.994. The molecule has 2 aromatic carbocycles. The highest BCUT2D eigenvalue weighted by Crippen LogP contribution is 2.31. The van der Waals surface area contributed by atoms with Gasteiger partial charge in [-0.05, 0) is 49.6 Å². The summed E-state index contributed by atoms with van der Waals surface area (Å²) < 4.78 is 5.79. The van der Waals surface area contributed by atoms with Crippen molar-refractivity contribution in [1.82, 2.24) is 0 Å². The molecule has 0 aromatic heterocycles. The van der Waals surface area contributed by atoms with Gasteiger partial charge in [-0.25, -0.2) is 0 Å². The maximum atomic E-state index is 12.4. The van der Waals surface area contributed by atoms with Crippen molar-refractivity contribution in [3.63, 3.8) is 0 Å². The van der Waals surface area contributed by atoms with Crippen LogP contribution in [0, 0.1) is 0 Å². The SMILES string of the molecule is CCc1ccc(OCCCN2C(=O)C(C)Nc3ccccc32)cc1. The number of rotatable bonds is 6. The second-order valence-corrected chi connectivity index (χ2v) is 6.07. The van der Waals surface area contributed by atoms with Crippen LogP contribution in [-0.4, -0.2) is 25.1 Å². The van der Waals surface area contributed by atoms with Gasteiger partial charge in [0.2, 0.25) is 5.91 Å². The van der Waals surface area contributed by atoms with Gasteiger partial charge >= 0.3 is 0 Å². The van der Waals surface area contributed by atoms with Crippen LogP contribution in [0.5, 0.6) is 5.75 Å². The zero-order chi connectivity index (χ0) is 16.9. The summed E-state index contributed by atoms with van der Waals surface area (Å²) in [6.45, 7) is 5.30. The number of benzene rings is 2. The summed E-state index contributed by atoms with van der Waals surface area (Å²) in [5.41, 5.74) is 3.27. The van der Waals surface area contributed by atoms with E-state index in [0.717, 1.165) is 30.0 Å². The summed E-state index contributed by atoms with van der Waals surface area (Å²) in [7, 11) is 0. The van der Waals surface area contributed by atoms with Crippen LogP contribution in [0.15, 0.2) is 48.5 Å². The summed E-state index contributed by atoms with van der Waals surface area (Å²) in [5, 5.41) is 3.24. The zero-order valence-corrected chi connectivity index (χ0v) is 14.3. The van der Waals surface area contributed by atoms with Gasteiger partial charge in [-0.15, -0.1) is 0 Å². The molecule has 1 aliphatic rings. The first-order valence-electron chi connectivity index (χ1n) is 8.57. The molecule has 0 fully saturated rings. The van der Waals surface area contributed by atoms with E-state index < -0.39 is 0 Å². The molecule has 1 N–H and O–H groups in total. The fraction of sp³-hybridized carbons (Fsp3) is 0.350. The molecule has 1 unspecified atom stereocenters. The number of fused-ring (bicyclic) bond motifs is 1. The fourth-order valence-corrected chi connectivity index (χ4v) is 2.94. The molecule has 0 spiro atoms. The highest BCUT2D eigenvalue weighted by Gasteiger charge is 2.28. The number of hydrogen-bond donors (Lipinski definition) is 1. The molecule has 0 bridgehead atoms. The molecule has 24 heavy (non-hydrogen) atoms. The number of hydrogen-bond acceptors (Lipinski definition) is 3. The van der Waals surface area contributed by atoms with Gasteiger partial charge in [0.25, 0.3) is 0 Å². The van der Waals surface area contributed by atoms with Crippen LogP contribution in [0.25, 0.3) is 0 Å². The number of nitrogens with zero attached hydrogens (tertiary/aromatic N) is 1. The number of anilines is 2. The lowest BCUT2D eigenvalue weighted by atomic mass is 10.1. The second-order valence-electron chi connectivity index (χ2n) is 6.07. The highest BCUT2D eigenvalue weighted by molar-refractivity contribution is 6.04. The Balaban J connectivity index is 1.56. The predicted octanol–water partition coefficient (Wildman–Crippen LogP) is 3.87. The van der Waals surface area contributed by atoms with Crippen molar-refractivity contribution in [2.24, 2.45) is 0 Å². The number of carbonyl (C=O) groups is 1. The minimum absolute atomic E-state index is 0.112. The Hall–Kier alpha value is -2.49. The van der Waals surface area contributed by atoms with E-state index in [2.05, 4.69) is 24.4 Å². The normalized spacial score (nSPS) is 16.5. The van der Waals surface area contributed by atoms with Crippen LogP contribution in [0.1, 0.15) is 25.8 Å². The van der Waals surface area contributed by atoms with Crippen LogP contribution in [-0.2, 0) is 11.2 Å². The minimum atomic E-state index is -0.192. The first kappa shape index (κ1) is 16.4. The molecule has 3 rings (SSSR count). The lowest BCUT2D eigenvalue weighted by Gasteiger charge is -2.33. The van der Waals surface area contributed by atoms with Crippen molar-refractivity contribution >= 4 is 17.3 Å². The van der Waals surface area contributed by atoms with E-state index in [1.54, 1.807) is 0 Å². The molecule has 1 heterocycles. The maximum Gasteiger partial charge on any atom is 0.249 e. The lowest BCUT2D eigenvalue weighted by molar-refractivity contribution is -0.119. The Labute approximate surface area is 143 Å². The van der Waals surface area contributed by atoms with Crippen molar-refractivity contribution in [2.75, 3.05) is 23.4 Å². The number of aryl methyl sites for hydroxylation is 1. The van der Waals surface area contributed by atoms with Gasteiger partial charge in [0.15, 0.2) is 0 Å². The summed E-state index contributed by atoms with van der Waals surface area (Å²) in [6, 6.07) is 15.9. The number of carbonyl (C=O) groups excluding carboxylic acids is 1. The van der Waals surface area contributed by atoms with Crippen molar-refractivity contribution in [3.8, 4) is 5.75 Å². The third-order valence-electron chi connectivity index (χ3n) is 4.33. The molecule has 4 nitrogen and oxygen atoms in total. The molecule has 126 valence electrons. The van der Waals surface area contributed by atoms with Crippen LogP contribution < -0.4 is 15.0 Å². The van der Waals surface area contributed by atoms with E-state index in [9.17, 15) is 4.79 Å². The third kappa shape index (κ3) is 3.53.